The SMILES string of the molecule is CN1CCC2Cc3[nH]nc(C4CCCC4)c3CC2C1. The predicted octanol–water partition coefficient (Wildman–Crippen LogP) is 2.73. The molecule has 2 unspecified atom stereocenters. The van der Waals surface area contributed by atoms with Crippen molar-refractivity contribution in [2.75, 3.05) is 20.1 Å². The molecule has 4 rings (SSSR count). The third-order valence-electron chi connectivity index (χ3n) is 5.75. The average Bonchev–Trinajstić information content (AvgIpc) is 3.04. The van der Waals surface area contributed by atoms with E-state index in [1.54, 1.807) is 5.56 Å². The second-order valence-electron chi connectivity index (χ2n) is 7.03. The number of hydrogen-bond donors (Lipinski definition) is 1. The Morgan fingerprint density at radius 2 is 1.95 bits per heavy atom. The van der Waals surface area contributed by atoms with E-state index in [-0.39, 0.29) is 0 Å². The molecule has 1 saturated carbocycles. The van der Waals surface area contributed by atoms with E-state index in [0.29, 0.717) is 0 Å². The smallest absolute Gasteiger partial charge is 0.0687 e. The fourth-order valence-corrected chi connectivity index (χ4v) is 4.64. The van der Waals surface area contributed by atoms with Crippen LogP contribution in [0.1, 0.15) is 55.0 Å². The first kappa shape index (κ1) is 12.0. The van der Waals surface area contributed by atoms with Crippen LogP contribution in [-0.4, -0.2) is 35.2 Å². The molecule has 1 aliphatic heterocycles. The quantitative estimate of drug-likeness (QED) is 0.841. The molecular weight excluding hydrogens is 234 g/mol. The van der Waals surface area contributed by atoms with Gasteiger partial charge in [0.25, 0.3) is 0 Å². The highest BCUT2D eigenvalue weighted by atomic mass is 15.1. The van der Waals surface area contributed by atoms with Crippen molar-refractivity contribution in [3.63, 3.8) is 0 Å². The standard InChI is InChI=1S/C16H25N3/c1-19-7-6-12-9-15-14(8-13(12)10-19)16(18-17-15)11-4-2-3-5-11/h11-13H,2-10H2,1H3,(H,17,18). The Morgan fingerprint density at radius 3 is 2.79 bits per heavy atom. The molecule has 0 amide bonds. The van der Waals surface area contributed by atoms with Gasteiger partial charge in [0, 0.05) is 18.2 Å². The van der Waals surface area contributed by atoms with E-state index in [4.69, 9.17) is 5.10 Å². The molecule has 0 radical (unpaired) electrons. The topological polar surface area (TPSA) is 31.9 Å². The van der Waals surface area contributed by atoms with E-state index in [0.717, 1.165) is 17.8 Å². The van der Waals surface area contributed by atoms with Crippen LogP contribution < -0.4 is 0 Å². The van der Waals surface area contributed by atoms with Gasteiger partial charge < -0.3 is 4.90 Å². The molecule has 19 heavy (non-hydrogen) atoms. The van der Waals surface area contributed by atoms with Gasteiger partial charge in [-0.2, -0.15) is 5.10 Å². The molecule has 3 aliphatic rings. The molecule has 3 heteroatoms. The fraction of sp³-hybridized carbons (Fsp3) is 0.812. The van der Waals surface area contributed by atoms with E-state index >= 15 is 0 Å². The Labute approximate surface area is 115 Å². The van der Waals surface area contributed by atoms with Gasteiger partial charge in [-0.05, 0) is 63.1 Å². The maximum Gasteiger partial charge on any atom is 0.0687 e. The molecule has 0 bridgehead atoms. The fourth-order valence-electron chi connectivity index (χ4n) is 4.64. The second kappa shape index (κ2) is 4.62. The first-order valence-corrected chi connectivity index (χ1v) is 8.06. The van der Waals surface area contributed by atoms with E-state index in [2.05, 4.69) is 17.0 Å². The summed E-state index contributed by atoms with van der Waals surface area (Å²) >= 11 is 0. The Morgan fingerprint density at radius 1 is 1.11 bits per heavy atom. The molecule has 1 N–H and O–H groups in total. The number of rotatable bonds is 1. The first-order valence-electron chi connectivity index (χ1n) is 8.06. The van der Waals surface area contributed by atoms with Crippen LogP contribution in [0, 0.1) is 11.8 Å². The van der Waals surface area contributed by atoms with Crippen LogP contribution in [0.15, 0.2) is 0 Å². The summed E-state index contributed by atoms with van der Waals surface area (Å²) in [4.78, 5) is 2.52. The van der Waals surface area contributed by atoms with Gasteiger partial charge in [-0.25, -0.2) is 0 Å². The third kappa shape index (κ3) is 2.03. The van der Waals surface area contributed by atoms with Crippen LogP contribution in [0.4, 0.5) is 0 Å². The van der Waals surface area contributed by atoms with Crippen molar-refractivity contribution in [2.45, 2.75) is 50.9 Å². The average molecular weight is 259 g/mol. The summed E-state index contributed by atoms with van der Waals surface area (Å²) in [6, 6.07) is 0. The van der Waals surface area contributed by atoms with E-state index < -0.39 is 0 Å². The molecule has 0 aromatic carbocycles. The third-order valence-corrected chi connectivity index (χ3v) is 5.75. The molecule has 0 spiro atoms. The van der Waals surface area contributed by atoms with Gasteiger partial charge in [0.2, 0.25) is 0 Å². The summed E-state index contributed by atoms with van der Waals surface area (Å²) in [6.07, 6.45) is 9.46. The monoisotopic (exact) mass is 259 g/mol. The molecule has 2 heterocycles. The molecule has 2 aliphatic carbocycles. The van der Waals surface area contributed by atoms with E-state index in [9.17, 15) is 0 Å². The lowest BCUT2D eigenvalue weighted by molar-refractivity contribution is 0.133. The molecule has 1 saturated heterocycles. The number of aromatic nitrogens is 2. The van der Waals surface area contributed by atoms with E-state index in [1.165, 1.54) is 69.4 Å². The summed E-state index contributed by atoms with van der Waals surface area (Å²) in [5.74, 6) is 2.54. The highest BCUT2D eigenvalue weighted by Crippen LogP contribution is 2.41. The predicted molar refractivity (Wildman–Crippen MR) is 76.3 cm³/mol. The Kier molecular flexibility index (Phi) is 2.91. The van der Waals surface area contributed by atoms with Crippen molar-refractivity contribution < 1.29 is 0 Å². The summed E-state index contributed by atoms with van der Waals surface area (Å²) in [7, 11) is 2.28. The summed E-state index contributed by atoms with van der Waals surface area (Å²) < 4.78 is 0. The molecule has 3 nitrogen and oxygen atoms in total. The van der Waals surface area contributed by atoms with Gasteiger partial charge in [0.1, 0.15) is 0 Å². The number of H-pyrrole nitrogens is 1. The normalized spacial score (nSPS) is 32.3. The number of nitrogens with one attached hydrogen (secondary N) is 1. The maximum atomic E-state index is 4.72. The number of aromatic amines is 1. The van der Waals surface area contributed by atoms with Crippen LogP contribution in [-0.2, 0) is 12.8 Å². The molecule has 2 fully saturated rings. The molecule has 1 aromatic rings. The van der Waals surface area contributed by atoms with Gasteiger partial charge in [-0.1, -0.05) is 12.8 Å². The van der Waals surface area contributed by atoms with E-state index in [1.807, 2.05) is 0 Å². The molecule has 104 valence electrons. The lowest BCUT2D eigenvalue weighted by Crippen LogP contribution is -2.42. The first-order chi connectivity index (χ1) is 9.31. The van der Waals surface area contributed by atoms with Crippen molar-refractivity contribution in [3.05, 3.63) is 17.0 Å². The summed E-state index contributed by atoms with van der Waals surface area (Å²) in [6.45, 7) is 2.57. The van der Waals surface area contributed by atoms with Gasteiger partial charge in [0.15, 0.2) is 0 Å². The van der Waals surface area contributed by atoms with Crippen LogP contribution >= 0.6 is 0 Å². The number of likely N-dealkylation sites (tertiary alicyclic amines) is 1. The molecule has 2 atom stereocenters. The zero-order valence-corrected chi connectivity index (χ0v) is 12.0. The van der Waals surface area contributed by atoms with Crippen molar-refractivity contribution in [2.24, 2.45) is 11.8 Å². The van der Waals surface area contributed by atoms with Crippen LogP contribution in [0.5, 0.6) is 0 Å². The number of hydrogen-bond acceptors (Lipinski definition) is 2. The second-order valence-corrected chi connectivity index (χ2v) is 7.03. The molecule has 1 aromatic heterocycles. The zero-order valence-electron chi connectivity index (χ0n) is 12.0. The maximum absolute atomic E-state index is 4.72. The highest BCUT2D eigenvalue weighted by Gasteiger charge is 2.36. The highest BCUT2D eigenvalue weighted by molar-refractivity contribution is 5.32. The minimum atomic E-state index is 0.762. The Balaban J connectivity index is 1.61. The summed E-state index contributed by atoms with van der Waals surface area (Å²) in [5, 5.41) is 8.10. The lowest BCUT2D eigenvalue weighted by Gasteiger charge is -2.39. The van der Waals surface area contributed by atoms with Crippen LogP contribution in [0.2, 0.25) is 0 Å². The van der Waals surface area contributed by atoms with Crippen molar-refractivity contribution in [3.8, 4) is 0 Å². The lowest BCUT2D eigenvalue weighted by atomic mass is 9.73. The summed E-state index contributed by atoms with van der Waals surface area (Å²) in [5.41, 5.74) is 4.54. The van der Waals surface area contributed by atoms with Crippen LogP contribution in [0.3, 0.4) is 0 Å². The van der Waals surface area contributed by atoms with Crippen molar-refractivity contribution in [1.82, 2.24) is 15.1 Å². The van der Waals surface area contributed by atoms with Gasteiger partial charge in [-0.15, -0.1) is 0 Å². The van der Waals surface area contributed by atoms with Gasteiger partial charge in [-0.3, -0.25) is 5.10 Å². The largest absolute Gasteiger partial charge is 0.306 e. The minimum absolute atomic E-state index is 0.762. The number of nitrogens with zero attached hydrogens (tertiary/aromatic N) is 2. The Bertz CT molecular complexity index is 459. The van der Waals surface area contributed by atoms with Gasteiger partial charge >= 0.3 is 0 Å². The van der Waals surface area contributed by atoms with Crippen molar-refractivity contribution in [1.29, 1.82) is 0 Å². The number of piperidine rings is 1. The molecular formula is C16H25N3. The number of fused-ring (bicyclic) bond motifs is 2. The van der Waals surface area contributed by atoms with Gasteiger partial charge in [0.05, 0.1) is 5.69 Å². The Hall–Kier alpha value is -0.830. The van der Waals surface area contributed by atoms with Crippen LogP contribution in [0.25, 0.3) is 0 Å². The van der Waals surface area contributed by atoms with Crippen molar-refractivity contribution >= 4 is 0 Å². The minimum Gasteiger partial charge on any atom is -0.306 e. The zero-order chi connectivity index (χ0) is 12.8.